The first-order chi connectivity index (χ1) is 9.48. The van der Waals surface area contributed by atoms with E-state index in [0.717, 1.165) is 25.7 Å². The molecule has 0 aliphatic heterocycles. The van der Waals surface area contributed by atoms with Crippen LogP contribution in [0.1, 0.15) is 51.9 Å². The van der Waals surface area contributed by atoms with Crippen molar-refractivity contribution in [2.24, 2.45) is 11.8 Å². The molecule has 0 spiro atoms. The van der Waals surface area contributed by atoms with E-state index in [9.17, 15) is 9.90 Å². The molecule has 114 valence electrons. The first kappa shape index (κ1) is 14.3. The minimum absolute atomic E-state index is 0.130. The second-order valence-corrected chi connectivity index (χ2v) is 6.82. The highest BCUT2D eigenvalue weighted by Crippen LogP contribution is 2.60. The predicted molar refractivity (Wildman–Crippen MR) is 70.6 cm³/mol. The average Bonchev–Trinajstić information content (AvgIpc) is 2.35. The normalized spacial score (nSPS) is 43.5. The summed E-state index contributed by atoms with van der Waals surface area (Å²) in [5.41, 5.74) is -0.752. The van der Waals surface area contributed by atoms with E-state index < -0.39 is 6.48 Å². The van der Waals surface area contributed by atoms with Crippen molar-refractivity contribution in [1.82, 2.24) is 0 Å². The fraction of sp³-hybridized carbons (Fsp3) is 0.933. The molecule has 4 saturated carbocycles. The Morgan fingerprint density at radius 1 is 1.25 bits per heavy atom. The molecule has 0 radical (unpaired) electrons. The quantitative estimate of drug-likeness (QED) is 0.617. The van der Waals surface area contributed by atoms with Crippen molar-refractivity contribution in [1.29, 1.82) is 0 Å². The maximum atomic E-state index is 11.7. The first-order valence-corrected chi connectivity index (χ1v) is 7.59. The van der Waals surface area contributed by atoms with E-state index >= 15 is 0 Å². The van der Waals surface area contributed by atoms with E-state index in [0.29, 0.717) is 24.7 Å². The van der Waals surface area contributed by atoms with Crippen LogP contribution in [0.2, 0.25) is 0 Å². The molecular formula is C15H24O5. The van der Waals surface area contributed by atoms with Crippen LogP contribution in [-0.4, -0.2) is 35.9 Å². The van der Waals surface area contributed by atoms with Crippen LogP contribution in [0.4, 0.5) is 0 Å². The highest BCUT2D eigenvalue weighted by Gasteiger charge is 2.60. The second-order valence-electron chi connectivity index (χ2n) is 6.82. The van der Waals surface area contributed by atoms with Crippen LogP contribution in [0.3, 0.4) is 0 Å². The third-order valence-corrected chi connectivity index (χ3v) is 5.13. The van der Waals surface area contributed by atoms with Crippen molar-refractivity contribution in [2.75, 3.05) is 7.11 Å². The van der Waals surface area contributed by atoms with E-state index in [-0.39, 0.29) is 17.2 Å². The third kappa shape index (κ3) is 2.47. The number of hydrogen-bond acceptors (Lipinski definition) is 5. The summed E-state index contributed by atoms with van der Waals surface area (Å²) < 4.78 is 16.4. The number of ether oxygens (including phenoxy) is 3. The predicted octanol–water partition coefficient (Wildman–Crippen LogP) is 1.97. The van der Waals surface area contributed by atoms with Gasteiger partial charge in [-0.25, -0.2) is 0 Å². The van der Waals surface area contributed by atoms with Crippen LogP contribution >= 0.6 is 0 Å². The van der Waals surface area contributed by atoms with Gasteiger partial charge in [0.05, 0.1) is 5.60 Å². The van der Waals surface area contributed by atoms with Crippen LogP contribution in [0.25, 0.3) is 0 Å². The van der Waals surface area contributed by atoms with Crippen LogP contribution < -0.4 is 0 Å². The Morgan fingerprint density at radius 2 is 1.85 bits per heavy atom. The lowest BCUT2D eigenvalue weighted by molar-refractivity contribution is -0.336. The van der Waals surface area contributed by atoms with Gasteiger partial charge in [-0.1, -0.05) is 6.92 Å². The highest BCUT2D eigenvalue weighted by molar-refractivity contribution is 5.69. The lowest BCUT2D eigenvalue weighted by Crippen LogP contribution is -2.62. The van der Waals surface area contributed by atoms with Gasteiger partial charge in [-0.3, -0.25) is 4.79 Å². The SMILES string of the molecule is CCC(=O)OC12CC3CC(C1)CC(OC(O)OC)(C3)C2. The van der Waals surface area contributed by atoms with Gasteiger partial charge in [0.25, 0.3) is 6.48 Å². The molecule has 0 aromatic rings. The molecule has 0 aromatic heterocycles. The second kappa shape index (κ2) is 4.97. The number of aliphatic hydroxyl groups excluding tert-OH is 1. The minimum Gasteiger partial charge on any atom is -0.459 e. The summed E-state index contributed by atoms with van der Waals surface area (Å²) in [6.07, 6.45) is 6.07. The van der Waals surface area contributed by atoms with Crippen molar-refractivity contribution in [3.63, 3.8) is 0 Å². The Morgan fingerprint density at radius 3 is 2.40 bits per heavy atom. The van der Waals surface area contributed by atoms with Gasteiger partial charge in [0.1, 0.15) is 5.60 Å². The van der Waals surface area contributed by atoms with Crippen LogP contribution in [0.15, 0.2) is 0 Å². The van der Waals surface area contributed by atoms with Gasteiger partial charge in [-0.2, -0.15) is 0 Å². The van der Waals surface area contributed by atoms with E-state index in [4.69, 9.17) is 14.2 Å². The van der Waals surface area contributed by atoms with Gasteiger partial charge in [0, 0.05) is 20.0 Å². The summed E-state index contributed by atoms with van der Waals surface area (Å²) in [4.78, 5) is 11.7. The number of carbonyl (C=O) groups is 1. The Balaban J connectivity index is 1.80. The molecule has 0 amide bonds. The lowest BCUT2D eigenvalue weighted by atomic mass is 9.52. The molecule has 4 rings (SSSR count). The molecule has 3 unspecified atom stereocenters. The summed E-state index contributed by atoms with van der Waals surface area (Å²) in [6, 6.07) is 0. The zero-order chi connectivity index (χ0) is 14.4. The van der Waals surface area contributed by atoms with Gasteiger partial charge >= 0.3 is 5.97 Å². The van der Waals surface area contributed by atoms with E-state index in [1.54, 1.807) is 0 Å². The van der Waals surface area contributed by atoms with Crippen molar-refractivity contribution >= 4 is 5.97 Å². The fourth-order valence-electron chi connectivity index (χ4n) is 4.93. The van der Waals surface area contributed by atoms with Gasteiger partial charge in [-0.05, 0) is 43.9 Å². The monoisotopic (exact) mass is 284 g/mol. The maximum Gasteiger partial charge on any atom is 0.306 e. The van der Waals surface area contributed by atoms with E-state index in [1.165, 1.54) is 13.5 Å². The zero-order valence-corrected chi connectivity index (χ0v) is 12.3. The first-order valence-electron chi connectivity index (χ1n) is 7.59. The Bertz CT molecular complexity index is 380. The molecule has 0 heterocycles. The Labute approximate surface area is 119 Å². The lowest BCUT2D eigenvalue weighted by Gasteiger charge is -2.60. The maximum absolute atomic E-state index is 11.7. The standard InChI is InChI=1S/C15H24O5/c1-3-12(16)19-14-5-10-4-11(6-14)8-15(7-10,9-14)20-13(17)18-2/h10-11,13,17H,3-9H2,1-2H3. The topological polar surface area (TPSA) is 65.0 Å². The van der Waals surface area contributed by atoms with E-state index in [2.05, 4.69) is 0 Å². The summed E-state index contributed by atoms with van der Waals surface area (Å²) in [7, 11) is 1.43. The Hall–Kier alpha value is -0.650. The van der Waals surface area contributed by atoms with Crippen molar-refractivity contribution in [3.05, 3.63) is 0 Å². The molecule has 4 aliphatic carbocycles. The van der Waals surface area contributed by atoms with Crippen molar-refractivity contribution in [3.8, 4) is 0 Å². The zero-order valence-electron chi connectivity index (χ0n) is 12.3. The number of esters is 1. The molecule has 0 aromatic carbocycles. The Kier molecular flexibility index (Phi) is 3.55. The molecular weight excluding hydrogens is 260 g/mol. The molecule has 5 heteroatoms. The number of rotatable bonds is 5. The number of methoxy groups -OCH3 is 1. The summed E-state index contributed by atoms with van der Waals surface area (Å²) >= 11 is 0. The molecule has 0 saturated heterocycles. The van der Waals surface area contributed by atoms with Crippen LogP contribution in [-0.2, 0) is 19.0 Å². The summed E-state index contributed by atoms with van der Waals surface area (Å²) in [5.74, 6) is 0.935. The fourth-order valence-corrected chi connectivity index (χ4v) is 4.93. The summed E-state index contributed by atoms with van der Waals surface area (Å²) in [5, 5.41) is 9.68. The molecule has 4 aliphatic rings. The largest absolute Gasteiger partial charge is 0.459 e. The molecule has 5 nitrogen and oxygen atoms in total. The molecule has 4 fully saturated rings. The van der Waals surface area contributed by atoms with Gasteiger partial charge in [0.15, 0.2) is 0 Å². The molecule has 1 N–H and O–H groups in total. The van der Waals surface area contributed by atoms with Gasteiger partial charge < -0.3 is 19.3 Å². The molecule has 4 bridgehead atoms. The van der Waals surface area contributed by atoms with Gasteiger partial charge in [0.2, 0.25) is 0 Å². The average molecular weight is 284 g/mol. The van der Waals surface area contributed by atoms with Crippen LogP contribution in [0.5, 0.6) is 0 Å². The summed E-state index contributed by atoms with van der Waals surface area (Å²) in [6.45, 7) is 0.634. The van der Waals surface area contributed by atoms with E-state index in [1.807, 2.05) is 6.92 Å². The van der Waals surface area contributed by atoms with Crippen molar-refractivity contribution in [2.45, 2.75) is 69.5 Å². The number of aliphatic hydroxyl groups is 1. The van der Waals surface area contributed by atoms with Gasteiger partial charge in [-0.15, -0.1) is 0 Å². The highest BCUT2D eigenvalue weighted by atomic mass is 16.8. The minimum atomic E-state index is -1.19. The van der Waals surface area contributed by atoms with Crippen molar-refractivity contribution < 1.29 is 24.1 Å². The molecule has 20 heavy (non-hydrogen) atoms. The number of carbonyl (C=O) groups excluding carboxylic acids is 1. The smallest absolute Gasteiger partial charge is 0.306 e. The van der Waals surface area contributed by atoms with Crippen LogP contribution in [0, 0.1) is 11.8 Å². The molecule has 3 atom stereocenters. The third-order valence-electron chi connectivity index (χ3n) is 5.13. The number of hydrogen-bond donors (Lipinski definition) is 1.